The van der Waals surface area contributed by atoms with Crippen LogP contribution in [0.2, 0.25) is 0 Å². The summed E-state index contributed by atoms with van der Waals surface area (Å²) in [5.74, 6) is -0.512. The summed E-state index contributed by atoms with van der Waals surface area (Å²) in [6.45, 7) is 4.06. The summed E-state index contributed by atoms with van der Waals surface area (Å²) in [6, 6.07) is 4.17. The van der Waals surface area contributed by atoms with Gasteiger partial charge in [-0.15, -0.1) is 0 Å². The molecule has 0 atom stereocenters. The van der Waals surface area contributed by atoms with E-state index in [1.807, 2.05) is 6.92 Å². The van der Waals surface area contributed by atoms with Crippen molar-refractivity contribution in [3.05, 3.63) is 29.6 Å². The summed E-state index contributed by atoms with van der Waals surface area (Å²) < 4.78 is 12.8. The average molecular weight is 181 g/mol. The zero-order valence-electron chi connectivity index (χ0n) is 7.73. The number of ketones is 1. The van der Waals surface area contributed by atoms with Gasteiger partial charge in [-0.1, -0.05) is 0 Å². The van der Waals surface area contributed by atoms with E-state index >= 15 is 0 Å². The fraction of sp³-hybridized carbons (Fsp3) is 0.300. The van der Waals surface area contributed by atoms with Gasteiger partial charge in [-0.25, -0.2) is 4.39 Å². The Bertz CT molecular complexity index is 323. The van der Waals surface area contributed by atoms with Crippen LogP contribution in [-0.2, 0) is 0 Å². The second-order valence-corrected chi connectivity index (χ2v) is 2.78. The summed E-state index contributed by atoms with van der Waals surface area (Å²) in [6.07, 6.45) is 0. The molecule has 0 aliphatic rings. The molecule has 1 rings (SSSR count). The molecule has 3 heteroatoms. The van der Waals surface area contributed by atoms with Crippen LogP contribution in [0.25, 0.3) is 0 Å². The summed E-state index contributed by atoms with van der Waals surface area (Å²) in [5, 5.41) is 3.00. The molecule has 0 spiro atoms. The molecular formula is C10H12FNO. The molecule has 70 valence electrons. The Labute approximate surface area is 76.8 Å². The number of nitrogens with one attached hydrogen (secondary N) is 1. The van der Waals surface area contributed by atoms with Crippen LogP contribution < -0.4 is 5.32 Å². The highest BCUT2D eigenvalue weighted by atomic mass is 19.1. The standard InChI is InChI=1S/C10H12FNO/c1-3-12-10-5-4-8(11)6-9(10)7(2)13/h4-6,12H,3H2,1-2H3. The highest BCUT2D eigenvalue weighted by Gasteiger charge is 2.07. The molecule has 0 aliphatic carbocycles. The maximum absolute atomic E-state index is 12.8. The van der Waals surface area contributed by atoms with Crippen LogP contribution in [0.3, 0.4) is 0 Å². The van der Waals surface area contributed by atoms with Gasteiger partial charge in [0.1, 0.15) is 5.82 Å². The lowest BCUT2D eigenvalue weighted by molar-refractivity contribution is 0.101. The highest BCUT2D eigenvalue weighted by molar-refractivity contribution is 5.99. The van der Waals surface area contributed by atoms with Crippen LogP contribution >= 0.6 is 0 Å². The molecule has 1 N–H and O–H groups in total. The minimum Gasteiger partial charge on any atom is -0.385 e. The van der Waals surface area contributed by atoms with E-state index in [1.165, 1.54) is 19.1 Å². The molecule has 0 aromatic heterocycles. The summed E-state index contributed by atoms with van der Waals surface area (Å²) in [4.78, 5) is 11.1. The van der Waals surface area contributed by atoms with Crippen molar-refractivity contribution in [1.82, 2.24) is 0 Å². The number of hydrogen-bond donors (Lipinski definition) is 1. The molecule has 0 aliphatic heterocycles. The molecule has 0 heterocycles. The Kier molecular flexibility index (Phi) is 3.01. The number of hydrogen-bond acceptors (Lipinski definition) is 2. The normalized spacial score (nSPS) is 9.77. The van der Waals surface area contributed by atoms with Gasteiger partial charge < -0.3 is 5.32 Å². The zero-order valence-corrected chi connectivity index (χ0v) is 7.73. The number of anilines is 1. The lowest BCUT2D eigenvalue weighted by Gasteiger charge is -2.07. The Balaban J connectivity index is 3.10. The van der Waals surface area contributed by atoms with Crippen LogP contribution in [0.15, 0.2) is 18.2 Å². The van der Waals surface area contributed by atoms with Gasteiger partial charge in [0.15, 0.2) is 5.78 Å². The van der Waals surface area contributed by atoms with Gasteiger partial charge in [0.25, 0.3) is 0 Å². The molecule has 2 nitrogen and oxygen atoms in total. The van der Waals surface area contributed by atoms with E-state index in [-0.39, 0.29) is 11.6 Å². The topological polar surface area (TPSA) is 29.1 Å². The molecule has 0 amide bonds. The minimum absolute atomic E-state index is 0.129. The minimum atomic E-state index is -0.383. The van der Waals surface area contributed by atoms with E-state index in [9.17, 15) is 9.18 Å². The van der Waals surface area contributed by atoms with Crippen molar-refractivity contribution in [2.75, 3.05) is 11.9 Å². The van der Waals surface area contributed by atoms with Crippen molar-refractivity contribution >= 4 is 11.5 Å². The van der Waals surface area contributed by atoms with E-state index in [1.54, 1.807) is 6.07 Å². The monoisotopic (exact) mass is 181 g/mol. The second-order valence-electron chi connectivity index (χ2n) is 2.78. The van der Waals surface area contributed by atoms with Crippen LogP contribution in [0, 0.1) is 5.82 Å². The summed E-state index contributed by atoms with van der Waals surface area (Å²) >= 11 is 0. The lowest BCUT2D eigenvalue weighted by atomic mass is 10.1. The zero-order chi connectivity index (χ0) is 9.84. The molecule has 0 saturated heterocycles. The van der Waals surface area contributed by atoms with Crippen molar-refractivity contribution in [2.24, 2.45) is 0 Å². The number of Topliss-reactive ketones (excluding diaryl/α,β-unsaturated/α-hetero) is 1. The van der Waals surface area contributed by atoms with Crippen molar-refractivity contribution in [1.29, 1.82) is 0 Å². The number of carbonyl (C=O) groups excluding carboxylic acids is 1. The van der Waals surface area contributed by atoms with Crippen LogP contribution in [0.1, 0.15) is 24.2 Å². The highest BCUT2D eigenvalue weighted by Crippen LogP contribution is 2.17. The number of benzene rings is 1. The molecule has 0 saturated carbocycles. The Hall–Kier alpha value is -1.38. The number of halogens is 1. The van der Waals surface area contributed by atoms with E-state index in [0.29, 0.717) is 17.8 Å². The lowest BCUT2D eigenvalue weighted by Crippen LogP contribution is -2.04. The van der Waals surface area contributed by atoms with Crippen molar-refractivity contribution < 1.29 is 9.18 Å². The number of rotatable bonds is 3. The van der Waals surface area contributed by atoms with E-state index < -0.39 is 0 Å². The van der Waals surface area contributed by atoms with Crippen LogP contribution in [0.5, 0.6) is 0 Å². The molecule has 0 unspecified atom stereocenters. The van der Waals surface area contributed by atoms with Gasteiger partial charge in [0.05, 0.1) is 0 Å². The third-order valence-electron chi connectivity index (χ3n) is 1.73. The Morgan fingerprint density at radius 3 is 2.77 bits per heavy atom. The van der Waals surface area contributed by atoms with Crippen molar-refractivity contribution in [3.63, 3.8) is 0 Å². The molecule has 1 aromatic carbocycles. The molecule has 0 bridgehead atoms. The molecule has 1 aromatic rings. The SMILES string of the molecule is CCNc1ccc(F)cc1C(C)=O. The first-order valence-electron chi connectivity index (χ1n) is 4.19. The predicted molar refractivity (Wildman–Crippen MR) is 50.6 cm³/mol. The maximum atomic E-state index is 12.8. The van der Waals surface area contributed by atoms with Gasteiger partial charge in [-0.2, -0.15) is 0 Å². The Morgan fingerprint density at radius 1 is 1.54 bits per heavy atom. The van der Waals surface area contributed by atoms with Gasteiger partial charge >= 0.3 is 0 Å². The Morgan fingerprint density at radius 2 is 2.23 bits per heavy atom. The average Bonchev–Trinajstić information content (AvgIpc) is 2.08. The maximum Gasteiger partial charge on any atom is 0.161 e. The fourth-order valence-corrected chi connectivity index (χ4v) is 1.15. The number of carbonyl (C=O) groups is 1. The molecule has 0 radical (unpaired) electrons. The first-order chi connectivity index (χ1) is 6.15. The fourth-order valence-electron chi connectivity index (χ4n) is 1.15. The van der Waals surface area contributed by atoms with E-state index in [2.05, 4.69) is 5.32 Å². The molecule has 0 fully saturated rings. The summed E-state index contributed by atoms with van der Waals surface area (Å²) in [7, 11) is 0. The van der Waals surface area contributed by atoms with Crippen molar-refractivity contribution in [2.45, 2.75) is 13.8 Å². The first-order valence-corrected chi connectivity index (χ1v) is 4.19. The van der Waals surface area contributed by atoms with E-state index in [0.717, 1.165) is 0 Å². The predicted octanol–water partition coefficient (Wildman–Crippen LogP) is 2.46. The third kappa shape index (κ3) is 2.28. The van der Waals surface area contributed by atoms with Crippen molar-refractivity contribution in [3.8, 4) is 0 Å². The summed E-state index contributed by atoms with van der Waals surface area (Å²) in [5.41, 5.74) is 1.10. The van der Waals surface area contributed by atoms with Gasteiger partial charge in [-0.3, -0.25) is 4.79 Å². The van der Waals surface area contributed by atoms with Gasteiger partial charge in [-0.05, 0) is 32.0 Å². The van der Waals surface area contributed by atoms with Crippen LogP contribution in [-0.4, -0.2) is 12.3 Å². The smallest absolute Gasteiger partial charge is 0.161 e. The van der Waals surface area contributed by atoms with E-state index in [4.69, 9.17) is 0 Å². The van der Waals surface area contributed by atoms with Gasteiger partial charge in [0, 0.05) is 17.8 Å². The second kappa shape index (κ2) is 4.03. The largest absolute Gasteiger partial charge is 0.385 e. The van der Waals surface area contributed by atoms with Gasteiger partial charge in [0.2, 0.25) is 0 Å². The van der Waals surface area contributed by atoms with Crippen LogP contribution in [0.4, 0.5) is 10.1 Å². The quantitative estimate of drug-likeness (QED) is 0.726. The first kappa shape index (κ1) is 9.71. The molecular weight excluding hydrogens is 169 g/mol. The molecule has 13 heavy (non-hydrogen) atoms. The third-order valence-corrected chi connectivity index (χ3v) is 1.73.